The Morgan fingerprint density at radius 3 is 1.31 bits per heavy atom. The van der Waals surface area contributed by atoms with Gasteiger partial charge in [-0.2, -0.15) is 15.8 Å². The Morgan fingerprint density at radius 1 is 0.812 bits per heavy atom. The molecule has 0 rings (SSSR count). The maximum absolute atomic E-state index is 13.0. The van der Waals surface area contributed by atoms with Crippen molar-refractivity contribution in [3.05, 3.63) is 0 Å². The van der Waals surface area contributed by atoms with E-state index >= 15 is 0 Å². The van der Waals surface area contributed by atoms with E-state index in [1.54, 1.807) is 0 Å². The lowest BCUT2D eigenvalue weighted by Crippen LogP contribution is -3.00. The van der Waals surface area contributed by atoms with Gasteiger partial charge in [-0.05, 0) is 0 Å². The molecule has 0 aliphatic carbocycles. The molecular weight excluding hydrogens is 339 g/mol. The fourth-order valence-corrected chi connectivity index (χ4v) is 4.13. The minimum atomic E-state index is -1.86. The lowest BCUT2D eigenvalue weighted by Gasteiger charge is -2.21. The van der Waals surface area contributed by atoms with Crippen molar-refractivity contribution in [3.63, 3.8) is 0 Å². The summed E-state index contributed by atoms with van der Waals surface area (Å²) in [5.74, 6) is 0. The van der Waals surface area contributed by atoms with Crippen LogP contribution in [0, 0.1) is 34.0 Å². The van der Waals surface area contributed by atoms with Crippen LogP contribution in [0.4, 0.5) is 4.39 Å². The second-order valence-electron chi connectivity index (χ2n) is 3.36. The Balaban J connectivity index is 0. The molecule has 0 atom stereocenters. The van der Waals surface area contributed by atoms with Gasteiger partial charge in [-0.15, -0.1) is 0 Å². The molecule has 3 nitrogen and oxygen atoms in total. The Hall–Kier alpha value is -0.440. The van der Waals surface area contributed by atoms with Crippen LogP contribution >= 0.6 is 7.26 Å². The first-order valence-corrected chi connectivity index (χ1v) is 7.29. The fourth-order valence-electron chi connectivity index (χ4n) is 1.38. The first-order valence-electron chi connectivity index (χ1n) is 4.76. The van der Waals surface area contributed by atoms with Gasteiger partial charge in [-0.25, -0.2) is 4.39 Å². The molecule has 0 aromatic rings. The highest BCUT2D eigenvalue weighted by Crippen LogP contribution is 2.60. The predicted molar refractivity (Wildman–Crippen MR) is 58.2 cm³/mol. The van der Waals surface area contributed by atoms with Crippen LogP contribution in [0.5, 0.6) is 0 Å². The number of halogens is 2. The third kappa shape index (κ3) is 6.94. The summed E-state index contributed by atoms with van der Waals surface area (Å²) >= 11 is 0. The molecule has 88 valence electrons. The van der Waals surface area contributed by atoms with Gasteiger partial charge < -0.3 is 24.0 Å². The van der Waals surface area contributed by atoms with Crippen LogP contribution in [0.1, 0.15) is 19.3 Å². The van der Waals surface area contributed by atoms with E-state index in [0.29, 0.717) is 37.7 Å². The predicted octanol–water partition coefficient (Wildman–Crippen LogP) is -0.324. The molecule has 0 saturated carbocycles. The summed E-state index contributed by atoms with van der Waals surface area (Å²) in [7, 11) is -1.86. The van der Waals surface area contributed by atoms with E-state index in [-0.39, 0.29) is 24.0 Å². The van der Waals surface area contributed by atoms with Crippen LogP contribution in [0.25, 0.3) is 0 Å². The Labute approximate surface area is 114 Å². The van der Waals surface area contributed by atoms with Crippen LogP contribution in [0.3, 0.4) is 0 Å². The van der Waals surface area contributed by atoms with Gasteiger partial charge in [0.1, 0.15) is 0 Å². The molecule has 0 radical (unpaired) electrons. The maximum atomic E-state index is 13.0. The van der Waals surface area contributed by atoms with Crippen molar-refractivity contribution >= 4 is 7.26 Å². The minimum absolute atomic E-state index is 0. The smallest absolute Gasteiger partial charge is 0.195 e. The van der Waals surface area contributed by atoms with Crippen LogP contribution < -0.4 is 24.0 Å². The lowest BCUT2D eigenvalue weighted by atomic mass is 10.5. The zero-order valence-corrected chi connectivity index (χ0v) is 12.0. The molecule has 0 aromatic carbocycles. The molecular formula is C10H14FIN3P. The summed E-state index contributed by atoms with van der Waals surface area (Å²) in [6.45, 7) is 0. The number of nitriles is 3. The monoisotopic (exact) mass is 353 g/mol. The van der Waals surface area contributed by atoms with Crippen LogP contribution in [0.15, 0.2) is 0 Å². The standard InChI is InChI=1S/C10H14FN3P.HI/c11-10-15(7-1-4-12,8-2-5-13)9-3-6-14;/h1-3,7-10H2;1H/q+1;/p-1. The topological polar surface area (TPSA) is 71.4 Å². The maximum Gasteiger partial charge on any atom is 0.195 e. The normalized spacial score (nSPS) is 9.38. The highest BCUT2D eigenvalue weighted by Gasteiger charge is 2.36. The van der Waals surface area contributed by atoms with E-state index in [2.05, 4.69) is 0 Å². The van der Waals surface area contributed by atoms with Gasteiger partial charge in [0, 0.05) is 7.26 Å². The fraction of sp³-hybridized carbons (Fsp3) is 0.700. The average Bonchev–Trinajstić information content (AvgIpc) is 2.29. The molecule has 0 aliphatic heterocycles. The van der Waals surface area contributed by atoms with E-state index in [9.17, 15) is 4.39 Å². The van der Waals surface area contributed by atoms with Gasteiger partial charge in [0.2, 0.25) is 0 Å². The summed E-state index contributed by atoms with van der Waals surface area (Å²) < 4.78 is 13.0. The van der Waals surface area contributed by atoms with E-state index in [0.717, 1.165) is 0 Å². The highest BCUT2D eigenvalue weighted by atomic mass is 127. The first kappa shape index (κ1) is 17.9. The average molecular weight is 353 g/mol. The lowest BCUT2D eigenvalue weighted by molar-refractivity contribution is -0.00000442. The Morgan fingerprint density at radius 2 is 1.12 bits per heavy atom. The summed E-state index contributed by atoms with van der Waals surface area (Å²) in [6, 6.07) is 6.02. The Bertz CT molecular complexity index is 257. The summed E-state index contributed by atoms with van der Waals surface area (Å²) in [4.78, 5) is 0. The van der Waals surface area contributed by atoms with Gasteiger partial charge in [0.05, 0.1) is 56.0 Å². The number of rotatable bonds is 7. The van der Waals surface area contributed by atoms with Gasteiger partial charge in [-0.1, -0.05) is 0 Å². The van der Waals surface area contributed by atoms with E-state index in [4.69, 9.17) is 15.8 Å². The van der Waals surface area contributed by atoms with Crippen molar-refractivity contribution in [2.24, 2.45) is 0 Å². The molecule has 6 heteroatoms. The van der Waals surface area contributed by atoms with E-state index in [1.165, 1.54) is 0 Å². The summed E-state index contributed by atoms with van der Waals surface area (Å²) in [5.41, 5.74) is 0. The molecule has 0 N–H and O–H groups in total. The zero-order chi connectivity index (χ0) is 11.6. The number of nitrogens with zero attached hydrogens (tertiary/aromatic N) is 3. The summed E-state index contributed by atoms with van der Waals surface area (Å²) in [6.07, 6.45) is 2.17. The molecule has 0 amide bonds. The van der Waals surface area contributed by atoms with Crippen molar-refractivity contribution < 1.29 is 28.4 Å². The van der Waals surface area contributed by atoms with Crippen LogP contribution in [-0.2, 0) is 0 Å². The Kier molecular flexibility index (Phi) is 12.4. The molecule has 16 heavy (non-hydrogen) atoms. The van der Waals surface area contributed by atoms with Gasteiger partial charge in [-0.3, -0.25) is 0 Å². The minimum Gasteiger partial charge on any atom is -1.00 e. The molecule has 0 aliphatic rings. The van der Waals surface area contributed by atoms with Crippen molar-refractivity contribution in [3.8, 4) is 18.2 Å². The van der Waals surface area contributed by atoms with E-state index < -0.39 is 13.7 Å². The SMILES string of the molecule is N#CCC[P+](CF)(CCC#N)CCC#N.[I-]. The van der Waals surface area contributed by atoms with Crippen LogP contribution in [0.2, 0.25) is 0 Å². The molecule has 0 spiro atoms. The molecule has 0 bridgehead atoms. The first-order chi connectivity index (χ1) is 7.24. The van der Waals surface area contributed by atoms with Gasteiger partial charge in [0.25, 0.3) is 0 Å². The van der Waals surface area contributed by atoms with Crippen molar-refractivity contribution in [2.75, 3.05) is 24.9 Å². The number of hydrogen-bond donors (Lipinski definition) is 0. The number of hydrogen-bond acceptors (Lipinski definition) is 3. The summed E-state index contributed by atoms with van der Waals surface area (Å²) in [5, 5.41) is 25.5. The third-order valence-corrected chi connectivity index (χ3v) is 6.37. The third-order valence-electron chi connectivity index (χ3n) is 2.35. The number of alkyl halides is 1. The quantitative estimate of drug-likeness (QED) is 0.465. The van der Waals surface area contributed by atoms with Crippen LogP contribution in [-0.4, -0.2) is 24.9 Å². The highest BCUT2D eigenvalue weighted by molar-refractivity contribution is 7.75. The molecule has 0 saturated heterocycles. The molecule has 0 aromatic heterocycles. The van der Waals surface area contributed by atoms with Crippen molar-refractivity contribution in [1.82, 2.24) is 0 Å². The largest absolute Gasteiger partial charge is 1.00 e. The molecule has 0 fully saturated rings. The van der Waals surface area contributed by atoms with Crippen molar-refractivity contribution in [1.29, 1.82) is 15.8 Å². The zero-order valence-electron chi connectivity index (χ0n) is 8.99. The van der Waals surface area contributed by atoms with E-state index in [1.807, 2.05) is 18.2 Å². The van der Waals surface area contributed by atoms with Gasteiger partial charge in [0.15, 0.2) is 6.42 Å². The van der Waals surface area contributed by atoms with Gasteiger partial charge >= 0.3 is 0 Å². The second-order valence-corrected chi connectivity index (χ2v) is 7.62. The molecule has 0 heterocycles. The second kappa shape index (κ2) is 11.1. The van der Waals surface area contributed by atoms with Crippen molar-refractivity contribution in [2.45, 2.75) is 19.3 Å². The molecule has 0 unspecified atom stereocenters.